The molecule has 1 aliphatic rings. The lowest BCUT2D eigenvalue weighted by molar-refractivity contribution is 0.252. The summed E-state index contributed by atoms with van der Waals surface area (Å²) in [5.41, 5.74) is 12.5. The number of halogens is 1. The summed E-state index contributed by atoms with van der Waals surface area (Å²) in [6.07, 6.45) is 5.47. The molecule has 6 heteroatoms. The highest BCUT2D eigenvalue weighted by Gasteiger charge is 2.16. The average molecular weight is 323 g/mol. The molecule has 0 radical (unpaired) electrons. The van der Waals surface area contributed by atoms with Gasteiger partial charge in [-0.3, -0.25) is 0 Å². The number of amides is 2. The first-order valence-corrected chi connectivity index (χ1v) is 8.05. The van der Waals surface area contributed by atoms with E-state index in [9.17, 15) is 9.18 Å². The highest BCUT2D eigenvalue weighted by molar-refractivity contribution is 8.11. The maximum Gasteiger partial charge on any atom is 0.317 e. The van der Waals surface area contributed by atoms with Crippen LogP contribution in [0.2, 0.25) is 0 Å². The highest BCUT2D eigenvalue weighted by Crippen LogP contribution is 2.38. The first-order valence-electron chi connectivity index (χ1n) is 7.23. The molecule has 0 aliphatic heterocycles. The molecular formula is C16H22FN3OS. The van der Waals surface area contributed by atoms with Crippen LogP contribution in [0, 0.1) is 5.82 Å². The van der Waals surface area contributed by atoms with Crippen molar-refractivity contribution in [3.05, 3.63) is 52.3 Å². The van der Waals surface area contributed by atoms with E-state index in [1.54, 1.807) is 12.1 Å². The fraction of sp³-hybridized carbons (Fsp3) is 0.312. The zero-order valence-corrected chi connectivity index (χ0v) is 13.7. The summed E-state index contributed by atoms with van der Waals surface area (Å²) in [7, 11) is 0. The zero-order chi connectivity index (χ0) is 16.5. The molecule has 0 atom stereocenters. The topological polar surface area (TPSA) is 81.1 Å². The van der Waals surface area contributed by atoms with Crippen LogP contribution in [0.15, 0.2) is 35.4 Å². The van der Waals surface area contributed by atoms with Crippen molar-refractivity contribution in [3.63, 3.8) is 0 Å². The maximum absolute atomic E-state index is 13.4. The minimum Gasteiger partial charge on any atom is -0.351 e. The first-order chi connectivity index (χ1) is 10.6. The van der Waals surface area contributed by atoms with Gasteiger partial charge in [-0.2, -0.15) is 0 Å². The SMILES string of the molecule is CC.NC/C=C(\NC(N)=O)SC1=CCCc2ccc(F)cc21. The van der Waals surface area contributed by atoms with E-state index >= 15 is 0 Å². The maximum atomic E-state index is 13.4. The Labute approximate surface area is 134 Å². The number of benzene rings is 1. The lowest BCUT2D eigenvalue weighted by atomic mass is 9.97. The van der Waals surface area contributed by atoms with E-state index in [4.69, 9.17) is 11.5 Å². The predicted octanol–water partition coefficient (Wildman–Crippen LogP) is 3.34. The number of primary amides is 1. The third-order valence-electron chi connectivity index (χ3n) is 2.85. The van der Waals surface area contributed by atoms with Crippen molar-refractivity contribution < 1.29 is 9.18 Å². The molecule has 0 spiro atoms. The molecule has 4 nitrogen and oxygen atoms in total. The number of urea groups is 1. The van der Waals surface area contributed by atoms with Crippen molar-refractivity contribution in [2.75, 3.05) is 6.54 Å². The number of aryl methyl sites for hydroxylation is 1. The van der Waals surface area contributed by atoms with Crippen molar-refractivity contribution in [1.82, 2.24) is 5.32 Å². The fourth-order valence-electron chi connectivity index (χ4n) is 2.03. The van der Waals surface area contributed by atoms with Gasteiger partial charge in [0.2, 0.25) is 0 Å². The molecule has 0 unspecified atom stereocenters. The quantitative estimate of drug-likeness (QED) is 0.795. The van der Waals surface area contributed by atoms with Gasteiger partial charge in [0, 0.05) is 11.4 Å². The van der Waals surface area contributed by atoms with Crippen LogP contribution in [-0.2, 0) is 6.42 Å². The molecule has 0 saturated heterocycles. The number of carbonyl (C=O) groups excluding carboxylic acids is 1. The summed E-state index contributed by atoms with van der Waals surface area (Å²) < 4.78 is 13.4. The Bertz CT molecular complexity index is 585. The van der Waals surface area contributed by atoms with Gasteiger partial charge in [-0.1, -0.05) is 37.8 Å². The van der Waals surface area contributed by atoms with Crippen LogP contribution in [0.5, 0.6) is 0 Å². The molecule has 0 aromatic heterocycles. The molecule has 22 heavy (non-hydrogen) atoms. The summed E-state index contributed by atoms with van der Waals surface area (Å²) in [6, 6.07) is 4.13. The minimum atomic E-state index is -0.645. The van der Waals surface area contributed by atoms with E-state index in [-0.39, 0.29) is 12.4 Å². The van der Waals surface area contributed by atoms with Gasteiger partial charge < -0.3 is 16.8 Å². The minimum absolute atomic E-state index is 0.274. The van der Waals surface area contributed by atoms with Crippen molar-refractivity contribution in [1.29, 1.82) is 0 Å². The van der Waals surface area contributed by atoms with Gasteiger partial charge in [0.25, 0.3) is 0 Å². The number of hydrogen-bond acceptors (Lipinski definition) is 3. The van der Waals surface area contributed by atoms with Gasteiger partial charge in [-0.15, -0.1) is 0 Å². The Morgan fingerprint density at radius 1 is 1.45 bits per heavy atom. The standard InChI is InChI=1S/C14H16FN3OS.C2H6/c15-10-5-4-9-2-1-3-12(11(9)8-10)20-13(6-7-16)18-14(17)19;1-2/h3-6,8H,1-2,7,16H2,(H3,17,18,19);1-2H3/b13-6+;. The largest absolute Gasteiger partial charge is 0.351 e. The number of nitrogens with two attached hydrogens (primary N) is 2. The summed E-state index contributed by atoms with van der Waals surface area (Å²) in [6.45, 7) is 4.28. The monoisotopic (exact) mass is 323 g/mol. The molecule has 1 aliphatic carbocycles. The molecule has 1 aromatic carbocycles. The number of rotatable bonds is 4. The normalized spacial score (nSPS) is 13.5. The lowest BCUT2D eigenvalue weighted by Crippen LogP contribution is -2.28. The average Bonchev–Trinajstić information content (AvgIpc) is 2.49. The number of hydrogen-bond donors (Lipinski definition) is 3. The Hall–Kier alpha value is -1.79. The fourth-order valence-corrected chi connectivity index (χ4v) is 3.10. The number of thioether (sulfide) groups is 1. The van der Waals surface area contributed by atoms with E-state index in [1.165, 1.54) is 23.9 Å². The van der Waals surface area contributed by atoms with Gasteiger partial charge in [-0.05, 0) is 42.2 Å². The van der Waals surface area contributed by atoms with Gasteiger partial charge in [-0.25, -0.2) is 9.18 Å². The number of fused-ring (bicyclic) bond motifs is 1. The second-order valence-electron chi connectivity index (χ2n) is 4.30. The molecule has 0 heterocycles. The van der Waals surface area contributed by atoms with Gasteiger partial charge in [0.1, 0.15) is 5.82 Å². The summed E-state index contributed by atoms with van der Waals surface area (Å²) in [5, 5.41) is 3.08. The first kappa shape index (κ1) is 18.3. The third-order valence-corrected chi connectivity index (χ3v) is 3.95. The number of nitrogens with one attached hydrogen (secondary N) is 1. The van der Waals surface area contributed by atoms with Gasteiger partial charge >= 0.3 is 6.03 Å². The highest BCUT2D eigenvalue weighted by atomic mass is 32.2. The van der Waals surface area contributed by atoms with E-state index in [0.29, 0.717) is 5.03 Å². The van der Waals surface area contributed by atoms with Crippen LogP contribution in [0.4, 0.5) is 9.18 Å². The van der Waals surface area contributed by atoms with Crippen molar-refractivity contribution in [2.24, 2.45) is 11.5 Å². The molecule has 120 valence electrons. The van der Waals surface area contributed by atoms with Crippen LogP contribution in [-0.4, -0.2) is 12.6 Å². The number of carbonyl (C=O) groups is 1. The molecule has 1 aromatic rings. The van der Waals surface area contributed by atoms with E-state index < -0.39 is 6.03 Å². The molecule has 0 bridgehead atoms. The molecule has 0 saturated carbocycles. The molecule has 0 fully saturated rings. The van der Waals surface area contributed by atoms with Gasteiger partial charge in [0.15, 0.2) is 0 Å². The van der Waals surface area contributed by atoms with Crippen LogP contribution in [0.3, 0.4) is 0 Å². The van der Waals surface area contributed by atoms with Crippen LogP contribution in [0.25, 0.3) is 4.91 Å². The number of allylic oxidation sites excluding steroid dienone is 1. The summed E-state index contributed by atoms with van der Waals surface area (Å²) >= 11 is 1.33. The third kappa shape index (κ3) is 5.20. The lowest BCUT2D eigenvalue weighted by Gasteiger charge is -2.18. The predicted molar refractivity (Wildman–Crippen MR) is 91.5 cm³/mol. The Morgan fingerprint density at radius 3 is 2.82 bits per heavy atom. The van der Waals surface area contributed by atoms with E-state index in [1.807, 2.05) is 19.9 Å². The second kappa shape index (κ2) is 9.27. The molecular weight excluding hydrogens is 301 g/mol. The summed E-state index contributed by atoms with van der Waals surface area (Å²) in [4.78, 5) is 11.9. The Morgan fingerprint density at radius 2 is 2.18 bits per heavy atom. The van der Waals surface area contributed by atoms with Crippen molar-refractivity contribution in [2.45, 2.75) is 26.7 Å². The van der Waals surface area contributed by atoms with E-state index in [0.717, 1.165) is 28.9 Å². The smallest absolute Gasteiger partial charge is 0.317 e. The summed E-state index contributed by atoms with van der Waals surface area (Å²) in [5.74, 6) is -0.274. The molecule has 2 amide bonds. The van der Waals surface area contributed by atoms with Crippen molar-refractivity contribution >= 4 is 22.7 Å². The Kier molecular flexibility index (Phi) is 7.70. The van der Waals surface area contributed by atoms with Crippen molar-refractivity contribution in [3.8, 4) is 0 Å². The van der Waals surface area contributed by atoms with Crippen LogP contribution >= 0.6 is 11.8 Å². The van der Waals surface area contributed by atoms with Crippen LogP contribution < -0.4 is 16.8 Å². The second-order valence-corrected chi connectivity index (χ2v) is 5.39. The molecule has 5 N–H and O–H groups in total. The van der Waals surface area contributed by atoms with E-state index in [2.05, 4.69) is 5.32 Å². The molecule has 2 rings (SSSR count). The zero-order valence-electron chi connectivity index (χ0n) is 12.9. The Balaban J connectivity index is 0.00000116. The van der Waals surface area contributed by atoms with Crippen LogP contribution in [0.1, 0.15) is 31.4 Å². The van der Waals surface area contributed by atoms with Gasteiger partial charge in [0.05, 0.1) is 5.03 Å².